The molecule has 0 bridgehead atoms. The highest BCUT2D eigenvalue weighted by atomic mass is 16.6. The normalized spacial score (nSPS) is 25.4. The molecule has 3 heteroatoms. The van der Waals surface area contributed by atoms with Crippen molar-refractivity contribution in [1.29, 1.82) is 0 Å². The Labute approximate surface area is 110 Å². The van der Waals surface area contributed by atoms with E-state index < -0.39 is 0 Å². The predicted molar refractivity (Wildman–Crippen MR) is 70.8 cm³/mol. The highest BCUT2D eigenvalue weighted by Crippen LogP contribution is 2.49. The molecule has 1 saturated heterocycles. The van der Waals surface area contributed by atoms with E-state index in [2.05, 4.69) is 27.7 Å². The van der Waals surface area contributed by atoms with E-state index in [1.807, 2.05) is 13.8 Å². The molecule has 0 N–H and O–H groups in total. The molecule has 18 heavy (non-hydrogen) atoms. The zero-order chi connectivity index (χ0) is 14.1. The molecule has 2 unspecified atom stereocenters. The van der Waals surface area contributed by atoms with Crippen LogP contribution in [0.2, 0.25) is 0 Å². The number of cyclic esters (lactones) is 2. The standard InChI is InChI=1S/C15H26O3/c1-7-9-15(5,6)11-10(14(3,4)8-2)12(16)18-13(11)17/h10-11H,7-9H2,1-6H3. The summed E-state index contributed by atoms with van der Waals surface area (Å²) in [5.74, 6) is -1.28. The van der Waals surface area contributed by atoms with Gasteiger partial charge in [0.05, 0.1) is 11.8 Å². The maximum Gasteiger partial charge on any atom is 0.318 e. The SMILES string of the molecule is CCCC(C)(C)C1C(=O)OC(=O)C1C(C)(C)CC. The molecule has 0 saturated carbocycles. The third kappa shape index (κ3) is 2.60. The zero-order valence-electron chi connectivity index (χ0n) is 12.5. The summed E-state index contributed by atoms with van der Waals surface area (Å²) in [5.41, 5.74) is -0.381. The second kappa shape index (κ2) is 5.02. The number of ether oxygens (including phenoxy) is 1. The fraction of sp³-hybridized carbons (Fsp3) is 0.867. The highest BCUT2D eigenvalue weighted by Gasteiger charge is 2.56. The van der Waals surface area contributed by atoms with Gasteiger partial charge in [-0.3, -0.25) is 9.59 Å². The third-order valence-electron chi connectivity index (χ3n) is 4.53. The number of esters is 2. The Balaban J connectivity index is 3.13. The first-order chi connectivity index (χ1) is 8.17. The van der Waals surface area contributed by atoms with Crippen molar-refractivity contribution in [3.05, 3.63) is 0 Å². The summed E-state index contributed by atoms with van der Waals surface area (Å²) >= 11 is 0. The molecule has 2 atom stereocenters. The molecule has 1 heterocycles. The fourth-order valence-corrected chi connectivity index (χ4v) is 3.06. The lowest BCUT2D eigenvalue weighted by Gasteiger charge is -2.38. The van der Waals surface area contributed by atoms with Crippen LogP contribution in [0.4, 0.5) is 0 Å². The van der Waals surface area contributed by atoms with Gasteiger partial charge in [0.25, 0.3) is 0 Å². The number of hydrogen-bond donors (Lipinski definition) is 0. The van der Waals surface area contributed by atoms with E-state index in [-0.39, 0.29) is 34.6 Å². The van der Waals surface area contributed by atoms with Gasteiger partial charge in [0.15, 0.2) is 0 Å². The van der Waals surface area contributed by atoms with Crippen LogP contribution in [0.3, 0.4) is 0 Å². The van der Waals surface area contributed by atoms with E-state index in [0.717, 1.165) is 19.3 Å². The van der Waals surface area contributed by atoms with Gasteiger partial charge >= 0.3 is 11.9 Å². The fourth-order valence-electron chi connectivity index (χ4n) is 3.06. The van der Waals surface area contributed by atoms with Crippen LogP contribution < -0.4 is 0 Å². The number of hydrogen-bond acceptors (Lipinski definition) is 3. The maximum atomic E-state index is 12.0. The molecular weight excluding hydrogens is 228 g/mol. The molecule has 1 aliphatic rings. The topological polar surface area (TPSA) is 43.4 Å². The first-order valence-electron chi connectivity index (χ1n) is 6.93. The van der Waals surface area contributed by atoms with Crippen molar-refractivity contribution in [3.63, 3.8) is 0 Å². The molecular formula is C15H26O3. The molecule has 1 rings (SSSR count). The zero-order valence-corrected chi connectivity index (χ0v) is 12.5. The lowest BCUT2D eigenvalue weighted by molar-refractivity contribution is -0.155. The van der Waals surface area contributed by atoms with E-state index in [4.69, 9.17) is 4.74 Å². The molecule has 104 valence electrons. The van der Waals surface area contributed by atoms with Crippen LogP contribution in [-0.4, -0.2) is 11.9 Å². The van der Waals surface area contributed by atoms with Gasteiger partial charge in [-0.15, -0.1) is 0 Å². The third-order valence-corrected chi connectivity index (χ3v) is 4.53. The molecule has 0 aromatic heterocycles. The molecule has 0 spiro atoms. The van der Waals surface area contributed by atoms with Gasteiger partial charge in [0, 0.05) is 0 Å². The van der Waals surface area contributed by atoms with Gasteiger partial charge in [-0.1, -0.05) is 54.4 Å². The second-order valence-electron chi connectivity index (χ2n) is 6.78. The Hall–Kier alpha value is -0.860. The second-order valence-corrected chi connectivity index (χ2v) is 6.78. The van der Waals surface area contributed by atoms with Gasteiger partial charge in [-0.05, 0) is 17.3 Å². The predicted octanol–water partition coefficient (Wildman–Crippen LogP) is 3.56. The lowest BCUT2D eigenvalue weighted by atomic mass is 9.62. The number of rotatable bonds is 5. The molecule has 1 aliphatic heterocycles. The van der Waals surface area contributed by atoms with Crippen LogP contribution >= 0.6 is 0 Å². The van der Waals surface area contributed by atoms with Crippen molar-refractivity contribution in [2.45, 2.75) is 60.8 Å². The van der Waals surface area contributed by atoms with Crippen molar-refractivity contribution in [2.24, 2.45) is 22.7 Å². The summed E-state index contributed by atoms with van der Waals surface area (Å²) in [4.78, 5) is 24.0. The quantitative estimate of drug-likeness (QED) is 0.556. The van der Waals surface area contributed by atoms with Crippen LogP contribution in [0.15, 0.2) is 0 Å². The van der Waals surface area contributed by atoms with Crippen LogP contribution in [0.25, 0.3) is 0 Å². The average molecular weight is 254 g/mol. The molecule has 3 nitrogen and oxygen atoms in total. The average Bonchev–Trinajstić information content (AvgIpc) is 2.54. The summed E-state index contributed by atoms with van der Waals surface area (Å²) < 4.78 is 4.93. The van der Waals surface area contributed by atoms with Crippen molar-refractivity contribution in [3.8, 4) is 0 Å². The van der Waals surface area contributed by atoms with Gasteiger partial charge in [0.1, 0.15) is 0 Å². The van der Waals surface area contributed by atoms with E-state index in [1.54, 1.807) is 0 Å². The largest absolute Gasteiger partial charge is 0.393 e. The van der Waals surface area contributed by atoms with E-state index >= 15 is 0 Å². The summed E-state index contributed by atoms with van der Waals surface area (Å²) in [6.07, 6.45) is 2.79. The summed E-state index contributed by atoms with van der Waals surface area (Å²) in [6.45, 7) is 12.4. The van der Waals surface area contributed by atoms with E-state index in [0.29, 0.717) is 0 Å². The molecule has 0 aromatic carbocycles. The Kier molecular flexibility index (Phi) is 4.24. The maximum absolute atomic E-state index is 12.0. The van der Waals surface area contributed by atoms with E-state index in [1.165, 1.54) is 0 Å². The summed E-state index contributed by atoms with van der Waals surface area (Å²) in [7, 11) is 0. The summed E-state index contributed by atoms with van der Waals surface area (Å²) in [5, 5.41) is 0. The monoisotopic (exact) mass is 254 g/mol. The Bertz CT molecular complexity index is 342. The van der Waals surface area contributed by atoms with Gasteiger partial charge < -0.3 is 4.74 Å². The number of carbonyl (C=O) groups excluding carboxylic acids is 2. The van der Waals surface area contributed by atoms with Gasteiger partial charge in [-0.2, -0.15) is 0 Å². The van der Waals surface area contributed by atoms with Crippen molar-refractivity contribution < 1.29 is 14.3 Å². The Morgan fingerprint density at radius 2 is 1.39 bits per heavy atom. The smallest absolute Gasteiger partial charge is 0.318 e. The molecule has 0 aliphatic carbocycles. The molecule has 0 amide bonds. The highest BCUT2D eigenvalue weighted by molar-refractivity contribution is 5.97. The van der Waals surface area contributed by atoms with Crippen molar-refractivity contribution in [2.75, 3.05) is 0 Å². The first kappa shape index (κ1) is 15.2. The lowest BCUT2D eigenvalue weighted by Crippen LogP contribution is -2.40. The minimum Gasteiger partial charge on any atom is -0.393 e. The molecule has 1 fully saturated rings. The number of carbonyl (C=O) groups is 2. The Morgan fingerprint density at radius 1 is 0.944 bits per heavy atom. The molecule has 0 radical (unpaired) electrons. The van der Waals surface area contributed by atoms with Crippen LogP contribution in [0.1, 0.15) is 60.8 Å². The van der Waals surface area contributed by atoms with Crippen LogP contribution in [0.5, 0.6) is 0 Å². The molecule has 0 aromatic rings. The van der Waals surface area contributed by atoms with Gasteiger partial charge in [-0.25, -0.2) is 0 Å². The minimum absolute atomic E-state index is 0.185. The Morgan fingerprint density at radius 3 is 1.78 bits per heavy atom. The first-order valence-corrected chi connectivity index (χ1v) is 6.93. The van der Waals surface area contributed by atoms with Crippen molar-refractivity contribution >= 4 is 11.9 Å². The summed E-state index contributed by atoms with van der Waals surface area (Å²) in [6, 6.07) is 0. The van der Waals surface area contributed by atoms with Gasteiger partial charge in [0.2, 0.25) is 0 Å². The minimum atomic E-state index is -0.332. The van der Waals surface area contributed by atoms with Crippen LogP contribution in [0, 0.1) is 22.7 Å². The van der Waals surface area contributed by atoms with Crippen molar-refractivity contribution in [1.82, 2.24) is 0 Å². The van der Waals surface area contributed by atoms with E-state index in [9.17, 15) is 9.59 Å². The van der Waals surface area contributed by atoms with Crippen LogP contribution in [-0.2, 0) is 14.3 Å².